The Hall–Kier alpha value is -3.65. The molecular weight excluding hydrogens is 441 g/mol. The van der Waals surface area contributed by atoms with Crippen molar-refractivity contribution >= 4 is 22.5 Å². The number of anilines is 2. The third-order valence-corrected chi connectivity index (χ3v) is 6.80. The van der Waals surface area contributed by atoms with Crippen LogP contribution in [0.3, 0.4) is 0 Å². The normalized spacial score (nSPS) is 16.9. The van der Waals surface area contributed by atoms with Gasteiger partial charge >= 0.3 is 0 Å². The average molecular weight is 470 g/mol. The van der Waals surface area contributed by atoms with Gasteiger partial charge in [-0.2, -0.15) is 0 Å². The van der Waals surface area contributed by atoms with E-state index in [1.54, 1.807) is 18.3 Å². The van der Waals surface area contributed by atoms with Crippen LogP contribution < -0.4 is 15.5 Å². The van der Waals surface area contributed by atoms with Crippen molar-refractivity contribution < 1.29 is 4.39 Å². The second kappa shape index (κ2) is 9.19. The molecule has 1 unspecified atom stereocenters. The van der Waals surface area contributed by atoms with Crippen LogP contribution in [0.25, 0.3) is 22.3 Å². The molecule has 0 spiro atoms. The van der Waals surface area contributed by atoms with Crippen LogP contribution in [-0.2, 0) is 0 Å². The van der Waals surface area contributed by atoms with Gasteiger partial charge in [-0.05, 0) is 49.4 Å². The van der Waals surface area contributed by atoms with Gasteiger partial charge in [0.15, 0.2) is 5.82 Å². The van der Waals surface area contributed by atoms with Crippen LogP contribution in [0.4, 0.5) is 16.0 Å². The van der Waals surface area contributed by atoms with Crippen LogP contribution in [0, 0.1) is 5.82 Å². The number of hydrogen-bond acceptors (Lipinski definition) is 7. The first-order chi connectivity index (χ1) is 17.2. The fraction of sp³-hybridized carbons (Fsp3) is 0.333. The van der Waals surface area contributed by atoms with Gasteiger partial charge in [-0.1, -0.05) is 18.2 Å². The van der Waals surface area contributed by atoms with Gasteiger partial charge in [0.05, 0.1) is 17.8 Å². The van der Waals surface area contributed by atoms with Gasteiger partial charge in [0.1, 0.15) is 17.5 Å². The standard InChI is InChI=1S/C27H28FN7/c1-17(20-4-2-3-5-22(20)28)32-24-14-19(8-9-31-24)26-33-23-16-30-15-21(18-6-7-18)25(23)27(34-26)35-12-10-29-11-13-35/h2-5,8-9,14-18,29H,6-7,10-13H2,1H3,(H,31,32). The lowest BCUT2D eigenvalue weighted by Crippen LogP contribution is -2.44. The van der Waals surface area contributed by atoms with Crippen LogP contribution in [0.5, 0.6) is 0 Å². The zero-order chi connectivity index (χ0) is 23.8. The number of piperazine rings is 1. The predicted molar refractivity (Wildman–Crippen MR) is 136 cm³/mol. The first kappa shape index (κ1) is 21.9. The van der Waals surface area contributed by atoms with E-state index in [2.05, 4.69) is 25.5 Å². The van der Waals surface area contributed by atoms with E-state index in [9.17, 15) is 4.39 Å². The lowest BCUT2D eigenvalue weighted by molar-refractivity contribution is 0.586. The Balaban J connectivity index is 1.39. The molecule has 2 aliphatic rings. The summed E-state index contributed by atoms with van der Waals surface area (Å²) in [4.78, 5) is 21.4. The van der Waals surface area contributed by atoms with Gasteiger partial charge in [-0.3, -0.25) is 4.98 Å². The molecule has 0 amide bonds. The number of nitrogens with one attached hydrogen (secondary N) is 2. The van der Waals surface area contributed by atoms with Gasteiger partial charge in [0.2, 0.25) is 0 Å². The molecule has 1 aromatic carbocycles. The highest BCUT2D eigenvalue weighted by atomic mass is 19.1. The molecule has 178 valence electrons. The average Bonchev–Trinajstić information content (AvgIpc) is 3.74. The summed E-state index contributed by atoms with van der Waals surface area (Å²) >= 11 is 0. The molecule has 1 saturated heterocycles. The first-order valence-corrected chi connectivity index (χ1v) is 12.3. The lowest BCUT2D eigenvalue weighted by atomic mass is 10.1. The maximum absolute atomic E-state index is 14.3. The highest BCUT2D eigenvalue weighted by molar-refractivity contribution is 5.94. The molecule has 6 rings (SSSR count). The second-order valence-corrected chi connectivity index (χ2v) is 9.32. The molecule has 8 heteroatoms. The van der Waals surface area contributed by atoms with Crippen LogP contribution in [-0.4, -0.2) is 46.1 Å². The highest BCUT2D eigenvalue weighted by Gasteiger charge is 2.29. The van der Waals surface area contributed by atoms with Crippen molar-refractivity contribution in [2.24, 2.45) is 0 Å². The van der Waals surface area contributed by atoms with E-state index >= 15 is 0 Å². The lowest BCUT2D eigenvalue weighted by Gasteiger charge is -2.30. The number of aromatic nitrogens is 4. The number of fused-ring (bicyclic) bond motifs is 1. The number of pyridine rings is 2. The summed E-state index contributed by atoms with van der Waals surface area (Å²) < 4.78 is 14.3. The second-order valence-electron chi connectivity index (χ2n) is 9.32. The van der Waals surface area contributed by atoms with Crippen molar-refractivity contribution in [3.63, 3.8) is 0 Å². The van der Waals surface area contributed by atoms with Crippen LogP contribution in [0.15, 0.2) is 55.0 Å². The predicted octanol–water partition coefficient (Wildman–Crippen LogP) is 4.69. The van der Waals surface area contributed by atoms with E-state index in [0.717, 1.165) is 48.5 Å². The molecule has 1 aliphatic heterocycles. The molecule has 1 aliphatic carbocycles. The Morgan fingerprint density at radius 2 is 1.91 bits per heavy atom. The summed E-state index contributed by atoms with van der Waals surface area (Å²) in [6, 6.07) is 10.4. The number of nitrogens with zero attached hydrogens (tertiary/aromatic N) is 5. The quantitative estimate of drug-likeness (QED) is 0.424. The maximum Gasteiger partial charge on any atom is 0.162 e. The van der Waals surface area contributed by atoms with E-state index in [1.165, 1.54) is 24.5 Å². The fourth-order valence-electron chi connectivity index (χ4n) is 4.80. The minimum absolute atomic E-state index is 0.235. The molecule has 2 N–H and O–H groups in total. The number of halogens is 1. The third-order valence-electron chi connectivity index (χ3n) is 6.80. The molecule has 7 nitrogen and oxygen atoms in total. The maximum atomic E-state index is 14.3. The summed E-state index contributed by atoms with van der Waals surface area (Å²) in [7, 11) is 0. The molecule has 0 radical (unpaired) electrons. The van der Waals surface area contributed by atoms with Crippen molar-refractivity contribution in [2.45, 2.75) is 31.7 Å². The summed E-state index contributed by atoms with van der Waals surface area (Å²) in [6.45, 7) is 5.60. The smallest absolute Gasteiger partial charge is 0.162 e. The van der Waals surface area contributed by atoms with E-state index in [1.807, 2.05) is 37.5 Å². The van der Waals surface area contributed by atoms with Crippen molar-refractivity contribution in [3.05, 3.63) is 71.9 Å². The Morgan fingerprint density at radius 3 is 2.71 bits per heavy atom. The van der Waals surface area contributed by atoms with Gasteiger partial charge in [-0.15, -0.1) is 0 Å². The van der Waals surface area contributed by atoms with Crippen molar-refractivity contribution in [1.82, 2.24) is 25.3 Å². The molecule has 3 aromatic heterocycles. The van der Waals surface area contributed by atoms with E-state index in [0.29, 0.717) is 23.1 Å². The Kier molecular flexibility index (Phi) is 5.74. The van der Waals surface area contributed by atoms with E-state index in [-0.39, 0.29) is 11.9 Å². The number of rotatable bonds is 6. The Labute approximate surface area is 203 Å². The fourth-order valence-corrected chi connectivity index (χ4v) is 4.80. The molecule has 35 heavy (non-hydrogen) atoms. The number of hydrogen-bond donors (Lipinski definition) is 2. The molecular formula is C27H28FN7. The van der Waals surface area contributed by atoms with Gasteiger partial charge in [-0.25, -0.2) is 19.3 Å². The first-order valence-electron chi connectivity index (χ1n) is 12.3. The van der Waals surface area contributed by atoms with Crippen LogP contribution in [0.2, 0.25) is 0 Å². The van der Waals surface area contributed by atoms with Gasteiger partial charge < -0.3 is 15.5 Å². The highest BCUT2D eigenvalue weighted by Crippen LogP contribution is 2.44. The largest absolute Gasteiger partial charge is 0.363 e. The molecule has 4 aromatic rings. The zero-order valence-corrected chi connectivity index (χ0v) is 19.7. The van der Waals surface area contributed by atoms with Crippen LogP contribution in [0.1, 0.15) is 42.9 Å². The molecule has 1 saturated carbocycles. The SMILES string of the molecule is CC(Nc1cc(-c2nc(N3CCNCC3)c3c(C4CC4)cncc3n2)ccn1)c1ccccc1F. The van der Waals surface area contributed by atoms with Crippen molar-refractivity contribution in [2.75, 3.05) is 36.4 Å². The van der Waals surface area contributed by atoms with Crippen molar-refractivity contribution in [1.29, 1.82) is 0 Å². The molecule has 0 bridgehead atoms. The molecule has 4 heterocycles. The third kappa shape index (κ3) is 4.41. The van der Waals surface area contributed by atoms with Gasteiger partial charge in [0.25, 0.3) is 0 Å². The monoisotopic (exact) mass is 469 g/mol. The Bertz CT molecular complexity index is 1370. The van der Waals surface area contributed by atoms with E-state index < -0.39 is 0 Å². The van der Waals surface area contributed by atoms with E-state index in [4.69, 9.17) is 9.97 Å². The van der Waals surface area contributed by atoms with Gasteiger partial charge in [0, 0.05) is 55.1 Å². The number of benzene rings is 1. The van der Waals surface area contributed by atoms with Crippen molar-refractivity contribution in [3.8, 4) is 11.4 Å². The molecule has 1 atom stereocenters. The minimum atomic E-state index is -0.238. The molecule has 2 fully saturated rings. The summed E-state index contributed by atoms with van der Waals surface area (Å²) in [5, 5.41) is 7.88. The Morgan fingerprint density at radius 1 is 1.09 bits per heavy atom. The minimum Gasteiger partial charge on any atom is -0.363 e. The topological polar surface area (TPSA) is 78.9 Å². The summed E-state index contributed by atoms with van der Waals surface area (Å²) in [5.74, 6) is 2.60. The van der Waals surface area contributed by atoms with Crippen LogP contribution >= 0.6 is 0 Å². The zero-order valence-electron chi connectivity index (χ0n) is 19.7. The summed E-state index contributed by atoms with van der Waals surface area (Å²) in [6.07, 6.45) is 7.97. The summed E-state index contributed by atoms with van der Waals surface area (Å²) in [5.41, 5.74) is 3.59.